The first kappa shape index (κ1) is 10.1. The second-order valence-corrected chi connectivity index (χ2v) is 2.34. The van der Waals surface area contributed by atoms with Gasteiger partial charge >= 0.3 is 5.97 Å². The standard InChI is InChI=1S/C8H4F2N2O2/c9-7(10)4-1-2-12-6(8(13)14)5(4)3-11/h1-2,7H,(H,13,14). The summed E-state index contributed by atoms with van der Waals surface area (Å²) in [4.78, 5) is 13.8. The van der Waals surface area contributed by atoms with Gasteiger partial charge in [-0.1, -0.05) is 0 Å². The fraction of sp³-hybridized carbons (Fsp3) is 0.125. The van der Waals surface area contributed by atoms with Crippen LogP contribution in [-0.2, 0) is 0 Å². The topological polar surface area (TPSA) is 74.0 Å². The second kappa shape index (κ2) is 3.79. The van der Waals surface area contributed by atoms with Crippen LogP contribution in [0.2, 0.25) is 0 Å². The van der Waals surface area contributed by atoms with E-state index < -0.39 is 29.2 Å². The number of nitriles is 1. The Hall–Kier alpha value is -2.03. The third-order valence-corrected chi connectivity index (χ3v) is 1.53. The molecule has 1 heterocycles. The summed E-state index contributed by atoms with van der Waals surface area (Å²) in [5.74, 6) is -1.50. The van der Waals surface area contributed by atoms with Crippen LogP contribution in [0.5, 0.6) is 0 Å². The van der Waals surface area contributed by atoms with Gasteiger partial charge in [0.05, 0.1) is 5.56 Å². The van der Waals surface area contributed by atoms with E-state index in [-0.39, 0.29) is 0 Å². The number of hydrogen-bond acceptors (Lipinski definition) is 3. The average Bonchev–Trinajstić information content (AvgIpc) is 2.16. The number of aromatic carboxylic acids is 1. The summed E-state index contributed by atoms with van der Waals surface area (Å²) in [6, 6.07) is 2.33. The van der Waals surface area contributed by atoms with Gasteiger partial charge in [0.15, 0.2) is 5.69 Å². The molecule has 6 heteroatoms. The van der Waals surface area contributed by atoms with Crippen molar-refractivity contribution in [1.29, 1.82) is 5.26 Å². The van der Waals surface area contributed by atoms with Gasteiger partial charge < -0.3 is 5.11 Å². The number of carbonyl (C=O) groups is 1. The van der Waals surface area contributed by atoms with Crippen molar-refractivity contribution >= 4 is 5.97 Å². The second-order valence-electron chi connectivity index (χ2n) is 2.34. The fourth-order valence-corrected chi connectivity index (χ4v) is 0.938. The van der Waals surface area contributed by atoms with Crippen LogP contribution in [0.3, 0.4) is 0 Å². The zero-order valence-corrected chi connectivity index (χ0v) is 6.74. The molecule has 1 N–H and O–H groups in total. The number of aromatic nitrogens is 1. The first-order valence-electron chi connectivity index (χ1n) is 3.48. The molecule has 0 amide bonds. The molecule has 1 rings (SSSR count). The lowest BCUT2D eigenvalue weighted by molar-refractivity contribution is 0.0689. The van der Waals surface area contributed by atoms with E-state index in [1.165, 1.54) is 6.07 Å². The molecule has 1 aromatic rings. The average molecular weight is 198 g/mol. The van der Waals surface area contributed by atoms with Crippen molar-refractivity contribution in [2.45, 2.75) is 6.43 Å². The number of carboxylic acids is 1. The summed E-state index contributed by atoms with van der Waals surface area (Å²) >= 11 is 0. The van der Waals surface area contributed by atoms with Crippen molar-refractivity contribution in [3.8, 4) is 6.07 Å². The van der Waals surface area contributed by atoms with Crippen LogP contribution in [0.15, 0.2) is 12.3 Å². The summed E-state index contributed by atoms with van der Waals surface area (Å²) in [5.41, 5.74) is -1.85. The number of nitrogens with zero attached hydrogens (tertiary/aromatic N) is 2. The lowest BCUT2D eigenvalue weighted by Gasteiger charge is -2.03. The van der Waals surface area contributed by atoms with Crippen molar-refractivity contribution in [2.75, 3.05) is 0 Å². The Morgan fingerprint density at radius 3 is 2.71 bits per heavy atom. The minimum Gasteiger partial charge on any atom is -0.476 e. The number of rotatable bonds is 2. The Morgan fingerprint density at radius 1 is 1.64 bits per heavy atom. The van der Waals surface area contributed by atoms with Gasteiger partial charge in [-0.15, -0.1) is 0 Å². The molecule has 0 aliphatic rings. The smallest absolute Gasteiger partial charge is 0.355 e. The third-order valence-electron chi connectivity index (χ3n) is 1.53. The number of carboxylic acid groups (broad SMARTS) is 1. The van der Waals surface area contributed by atoms with Gasteiger partial charge in [-0.3, -0.25) is 0 Å². The fourth-order valence-electron chi connectivity index (χ4n) is 0.938. The van der Waals surface area contributed by atoms with E-state index in [1.807, 2.05) is 0 Å². The number of pyridine rings is 1. The summed E-state index contributed by atoms with van der Waals surface area (Å²) in [7, 11) is 0. The van der Waals surface area contributed by atoms with Crippen molar-refractivity contribution in [3.05, 3.63) is 29.1 Å². The molecule has 0 radical (unpaired) electrons. The highest BCUT2D eigenvalue weighted by molar-refractivity contribution is 5.88. The minimum atomic E-state index is -2.88. The summed E-state index contributed by atoms with van der Waals surface area (Å²) in [5, 5.41) is 17.1. The van der Waals surface area contributed by atoms with Gasteiger partial charge in [-0.05, 0) is 6.07 Å². The van der Waals surface area contributed by atoms with E-state index in [4.69, 9.17) is 10.4 Å². The third kappa shape index (κ3) is 1.66. The highest BCUT2D eigenvalue weighted by Crippen LogP contribution is 2.23. The molecule has 0 aromatic carbocycles. The summed E-state index contributed by atoms with van der Waals surface area (Å²) in [6.07, 6.45) is -1.95. The molecule has 0 spiro atoms. The van der Waals surface area contributed by atoms with Gasteiger partial charge in [0.2, 0.25) is 0 Å². The van der Waals surface area contributed by atoms with E-state index >= 15 is 0 Å². The maximum Gasteiger partial charge on any atom is 0.355 e. The SMILES string of the molecule is N#Cc1c(C(F)F)ccnc1C(=O)O. The summed E-state index contributed by atoms with van der Waals surface area (Å²) in [6.45, 7) is 0. The maximum atomic E-state index is 12.3. The van der Waals surface area contributed by atoms with E-state index in [1.54, 1.807) is 0 Å². The van der Waals surface area contributed by atoms with E-state index in [9.17, 15) is 13.6 Å². The predicted octanol–water partition coefficient (Wildman–Crippen LogP) is 1.59. The molecule has 14 heavy (non-hydrogen) atoms. The van der Waals surface area contributed by atoms with Gasteiger partial charge in [0.25, 0.3) is 6.43 Å². The normalized spacial score (nSPS) is 9.86. The van der Waals surface area contributed by atoms with Crippen LogP contribution >= 0.6 is 0 Å². The number of hydrogen-bond donors (Lipinski definition) is 1. The van der Waals surface area contributed by atoms with Gasteiger partial charge in [-0.25, -0.2) is 18.6 Å². The molecule has 0 aliphatic heterocycles. The molecule has 0 atom stereocenters. The van der Waals surface area contributed by atoms with Crippen LogP contribution < -0.4 is 0 Å². The van der Waals surface area contributed by atoms with Crippen LogP contribution in [-0.4, -0.2) is 16.1 Å². The molecule has 0 aliphatic carbocycles. The van der Waals surface area contributed by atoms with Crippen LogP contribution in [0.25, 0.3) is 0 Å². The Labute approximate surface area is 77.4 Å². The lowest BCUT2D eigenvalue weighted by atomic mass is 10.1. The van der Waals surface area contributed by atoms with Crippen LogP contribution in [0, 0.1) is 11.3 Å². The van der Waals surface area contributed by atoms with Crippen LogP contribution in [0.1, 0.15) is 28.0 Å². The first-order chi connectivity index (χ1) is 6.57. The minimum absolute atomic E-state index is 0.588. The number of halogens is 2. The van der Waals surface area contributed by atoms with E-state index in [0.717, 1.165) is 12.3 Å². The predicted molar refractivity (Wildman–Crippen MR) is 40.9 cm³/mol. The van der Waals surface area contributed by atoms with Crippen molar-refractivity contribution in [2.24, 2.45) is 0 Å². The highest BCUT2D eigenvalue weighted by Gasteiger charge is 2.20. The Balaban J connectivity index is 3.42. The Morgan fingerprint density at radius 2 is 2.29 bits per heavy atom. The zero-order chi connectivity index (χ0) is 10.7. The molecular formula is C8H4F2N2O2. The summed E-state index contributed by atoms with van der Waals surface area (Å²) < 4.78 is 24.6. The molecule has 0 saturated heterocycles. The van der Waals surface area contributed by atoms with Gasteiger partial charge in [0, 0.05) is 11.8 Å². The molecular weight excluding hydrogens is 194 g/mol. The van der Waals surface area contributed by atoms with Crippen molar-refractivity contribution < 1.29 is 18.7 Å². The molecule has 0 unspecified atom stereocenters. The zero-order valence-electron chi connectivity index (χ0n) is 6.74. The van der Waals surface area contributed by atoms with E-state index in [0.29, 0.717) is 0 Å². The molecule has 0 fully saturated rings. The van der Waals surface area contributed by atoms with Crippen molar-refractivity contribution in [3.63, 3.8) is 0 Å². The highest BCUT2D eigenvalue weighted by atomic mass is 19.3. The quantitative estimate of drug-likeness (QED) is 0.782. The van der Waals surface area contributed by atoms with Crippen LogP contribution in [0.4, 0.5) is 8.78 Å². The first-order valence-corrected chi connectivity index (χ1v) is 3.48. The van der Waals surface area contributed by atoms with Gasteiger partial charge in [-0.2, -0.15) is 5.26 Å². The molecule has 0 bridgehead atoms. The Bertz CT molecular complexity index is 412. The molecule has 72 valence electrons. The molecule has 4 nitrogen and oxygen atoms in total. The van der Waals surface area contributed by atoms with Crippen molar-refractivity contribution in [1.82, 2.24) is 4.98 Å². The van der Waals surface area contributed by atoms with E-state index in [2.05, 4.69) is 4.98 Å². The monoisotopic (exact) mass is 198 g/mol. The van der Waals surface area contributed by atoms with Gasteiger partial charge in [0.1, 0.15) is 6.07 Å². The lowest BCUT2D eigenvalue weighted by Crippen LogP contribution is -2.06. The largest absolute Gasteiger partial charge is 0.476 e. The maximum absolute atomic E-state index is 12.3. The number of alkyl halides is 2. The Kier molecular flexibility index (Phi) is 2.72. The molecule has 1 aromatic heterocycles. The molecule has 0 saturated carbocycles.